The number of fused-ring (bicyclic) bond motifs is 1. The fourth-order valence-electron chi connectivity index (χ4n) is 2.64. The lowest BCUT2D eigenvalue weighted by molar-refractivity contribution is 0.245. The SMILES string of the molecule is O=C(NCCCCCO)N1CCCCc2cc(F)ccc21. The average Bonchev–Trinajstić information content (AvgIpc) is 2.68. The normalized spacial score (nSPS) is 14.5. The number of benzene rings is 1. The number of nitrogens with one attached hydrogen (secondary N) is 1. The van der Waals surface area contributed by atoms with Gasteiger partial charge in [-0.3, -0.25) is 4.90 Å². The van der Waals surface area contributed by atoms with E-state index in [2.05, 4.69) is 5.32 Å². The molecule has 0 bridgehead atoms. The number of unbranched alkanes of at least 4 members (excludes halogenated alkanes) is 2. The second kappa shape index (κ2) is 7.98. The van der Waals surface area contributed by atoms with Crippen molar-refractivity contribution >= 4 is 11.7 Å². The molecule has 0 saturated carbocycles. The molecule has 0 aromatic heterocycles. The van der Waals surface area contributed by atoms with Crippen molar-refractivity contribution in [2.45, 2.75) is 38.5 Å². The first-order valence-corrected chi connectivity index (χ1v) is 7.67. The van der Waals surface area contributed by atoms with Gasteiger partial charge in [-0.25, -0.2) is 9.18 Å². The van der Waals surface area contributed by atoms with Crippen LogP contribution in [0.1, 0.15) is 37.7 Å². The standard InChI is InChI=1S/C16H23FN2O2/c17-14-7-8-15-13(12-14)6-2-4-10-19(15)16(21)18-9-3-1-5-11-20/h7-8,12,20H,1-6,9-11H2,(H,18,21). The van der Waals surface area contributed by atoms with E-state index in [-0.39, 0.29) is 18.5 Å². The van der Waals surface area contributed by atoms with E-state index in [0.29, 0.717) is 13.1 Å². The van der Waals surface area contributed by atoms with E-state index in [9.17, 15) is 9.18 Å². The molecule has 4 nitrogen and oxygen atoms in total. The highest BCUT2D eigenvalue weighted by molar-refractivity contribution is 5.92. The van der Waals surface area contributed by atoms with E-state index in [1.165, 1.54) is 12.1 Å². The maximum atomic E-state index is 13.3. The molecule has 5 heteroatoms. The summed E-state index contributed by atoms with van der Waals surface area (Å²) in [5, 5.41) is 11.6. The van der Waals surface area contributed by atoms with Gasteiger partial charge in [0.05, 0.1) is 0 Å². The molecule has 0 fully saturated rings. The van der Waals surface area contributed by atoms with Gasteiger partial charge in [-0.05, 0) is 62.3 Å². The van der Waals surface area contributed by atoms with Crippen molar-refractivity contribution in [1.82, 2.24) is 5.32 Å². The second-order valence-electron chi connectivity index (χ2n) is 5.40. The fraction of sp³-hybridized carbons (Fsp3) is 0.562. The highest BCUT2D eigenvalue weighted by atomic mass is 19.1. The Labute approximate surface area is 125 Å². The summed E-state index contributed by atoms with van der Waals surface area (Å²) in [5.41, 5.74) is 1.73. The van der Waals surface area contributed by atoms with Gasteiger partial charge in [0.2, 0.25) is 0 Å². The third kappa shape index (κ3) is 4.43. The van der Waals surface area contributed by atoms with Crippen LogP contribution in [0.3, 0.4) is 0 Å². The van der Waals surface area contributed by atoms with E-state index in [1.54, 1.807) is 11.0 Å². The smallest absolute Gasteiger partial charge is 0.321 e. The van der Waals surface area contributed by atoms with E-state index in [4.69, 9.17) is 5.11 Å². The van der Waals surface area contributed by atoms with Crippen LogP contribution in [-0.4, -0.2) is 30.8 Å². The summed E-state index contributed by atoms with van der Waals surface area (Å²) < 4.78 is 13.3. The minimum Gasteiger partial charge on any atom is -0.396 e. The van der Waals surface area contributed by atoms with E-state index in [1.807, 2.05) is 0 Å². The summed E-state index contributed by atoms with van der Waals surface area (Å²) in [6, 6.07) is 4.52. The van der Waals surface area contributed by atoms with Gasteiger partial charge >= 0.3 is 6.03 Å². The number of hydrogen-bond donors (Lipinski definition) is 2. The van der Waals surface area contributed by atoms with Crippen LogP contribution in [0, 0.1) is 5.82 Å². The molecule has 2 rings (SSSR count). The molecule has 0 atom stereocenters. The summed E-state index contributed by atoms with van der Waals surface area (Å²) >= 11 is 0. The highest BCUT2D eigenvalue weighted by Gasteiger charge is 2.21. The Kier molecular flexibility index (Phi) is 5.99. The summed E-state index contributed by atoms with van der Waals surface area (Å²) in [4.78, 5) is 14.0. The van der Waals surface area contributed by atoms with Crippen LogP contribution in [0.25, 0.3) is 0 Å². The van der Waals surface area contributed by atoms with Crippen molar-refractivity contribution in [2.24, 2.45) is 0 Å². The number of nitrogens with zero attached hydrogens (tertiary/aromatic N) is 1. The Morgan fingerprint density at radius 1 is 1.29 bits per heavy atom. The first-order chi connectivity index (χ1) is 10.2. The third-order valence-corrected chi connectivity index (χ3v) is 3.77. The van der Waals surface area contributed by atoms with Crippen LogP contribution < -0.4 is 10.2 Å². The molecule has 2 amide bonds. The number of carbonyl (C=O) groups is 1. The van der Waals surface area contributed by atoms with Gasteiger partial charge in [0.1, 0.15) is 5.82 Å². The Hall–Kier alpha value is -1.62. The fourth-order valence-corrected chi connectivity index (χ4v) is 2.64. The first-order valence-electron chi connectivity index (χ1n) is 7.67. The number of carbonyl (C=O) groups excluding carboxylic acids is 1. The molecule has 0 spiro atoms. The zero-order valence-corrected chi connectivity index (χ0v) is 12.3. The number of rotatable bonds is 5. The van der Waals surface area contributed by atoms with E-state index in [0.717, 1.165) is 49.8 Å². The maximum Gasteiger partial charge on any atom is 0.321 e. The van der Waals surface area contributed by atoms with Crippen LogP contribution >= 0.6 is 0 Å². The minimum absolute atomic E-state index is 0.117. The predicted octanol–water partition coefficient (Wildman–Crippen LogP) is 2.84. The number of aliphatic hydroxyl groups excluding tert-OH is 1. The van der Waals surface area contributed by atoms with Gasteiger partial charge in [0, 0.05) is 25.4 Å². The highest BCUT2D eigenvalue weighted by Crippen LogP contribution is 2.27. The lowest BCUT2D eigenvalue weighted by Crippen LogP contribution is -2.41. The van der Waals surface area contributed by atoms with Gasteiger partial charge in [-0.1, -0.05) is 0 Å². The Morgan fingerprint density at radius 2 is 2.14 bits per heavy atom. The number of halogens is 1. The number of aliphatic hydroxyl groups is 1. The van der Waals surface area contributed by atoms with Crippen molar-refractivity contribution in [3.05, 3.63) is 29.6 Å². The molecule has 21 heavy (non-hydrogen) atoms. The first kappa shape index (κ1) is 15.8. The molecule has 0 saturated heterocycles. The molecular formula is C16H23FN2O2. The zero-order chi connectivity index (χ0) is 15.1. The van der Waals surface area contributed by atoms with Crippen LogP contribution in [0.4, 0.5) is 14.9 Å². The lowest BCUT2D eigenvalue weighted by atomic mass is 10.1. The number of hydrogen-bond acceptors (Lipinski definition) is 2. The summed E-state index contributed by atoms with van der Waals surface area (Å²) in [7, 11) is 0. The molecule has 1 aliphatic rings. The van der Waals surface area contributed by atoms with E-state index < -0.39 is 0 Å². The number of aryl methyl sites for hydroxylation is 1. The zero-order valence-electron chi connectivity index (χ0n) is 12.3. The Bertz CT molecular complexity index is 479. The van der Waals surface area contributed by atoms with Crippen LogP contribution in [-0.2, 0) is 6.42 Å². The molecule has 0 radical (unpaired) electrons. The van der Waals surface area contributed by atoms with Crippen molar-refractivity contribution < 1.29 is 14.3 Å². The van der Waals surface area contributed by atoms with Crippen LogP contribution in [0.15, 0.2) is 18.2 Å². The second-order valence-corrected chi connectivity index (χ2v) is 5.40. The molecule has 1 aliphatic heterocycles. The Balaban J connectivity index is 1.97. The van der Waals surface area contributed by atoms with Gasteiger partial charge in [0.25, 0.3) is 0 Å². The van der Waals surface area contributed by atoms with Crippen LogP contribution in [0.5, 0.6) is 0 Å². The van der Waals surface area contributed by atoms with Gasteiger partial charge in [-0.15, -0.1) is 0 Å². The van der Waals surface area contributed by atoms with Crippen molar-refractivity contribution in [3.63, 3.8) is 0 Å². The van der Waals surface area contributed by atoms with Crippen molar-refractivity contribution in [3.8, 4) is 0 Å². The molecule has 0 unspecified atom stereocenters. The van der Waals surface area contributed by atoms with Crippen molar-refractivity contribution in [2.75, 3.05) is 24.6 Å². The largest absolute Gasteiger partial charge is 0.396 e. The summed E-state index contributed by atoms with van der Waals surface area (Å²) in [5.74, 6) is -0.250. The predicted molar refractivity (Wildman–Crippen MR) is 81.0 cm³/mol. The molecule has 0 aliphatic carbocycles. The summed E-state index contributed by atoms with van der Waals surface area (Å²) in [6.45, 7) is 1.46. The van der Waals surface area contributed by atoms with E-state index >= 15 is 0 Å². The number of amides is 2. The van der Waals surface area contributed by atoms with Gasteiger partial charge < -0.3 is 10.4 Å². The average molecular weight is 294 g/mol. The number of anilines is 1. The third-order valence-electron chi connectivity index (χ3n) is 3.77. The molecule has 1 heterocycles. The summed E-state index contributed by atoms with van der Waals surface area (Å²) in [6.07, 6.45) is 5.23. The van der Waals surface area contributed by atoms with Crippen LogP contribution in [0.2, 0.25) is 0 Å². The molecule has 2 N–H and O–H groups in total. The quantitative estimate of drug-likeness (QED) is 0.820. The molecular weight excluding hydrogens is 271 g/mol. The molecule has 1 aromatic rings. The molecule has 1 aromatic carbocycles. The number of urea groups is 1. The van der Waals surface area contributed by atoms with Crippen molar-refractivity contribution in [1.29, 1.82) is 0 Å². The topological polar surface area (TPSA) is 52.6 Å². The maximum absolute atomic E-state index is 13.3. The molecule has 116 valence electrons. The van der Waals surface area contributed by atoms with Gasteiger partial charge in [0.15, 0.2) is 0 Å². The monoisotopic (exact) mass is 294 g/mol. The van der Waals surface area contributed by atoms with Gasteiger partial charge in [-0.2, -0.15) is 0 Å². The minimum atomic E-state index is -0.250. The Morgan fingerprint density at radius 3 is 2.95 bits per heavy atom. The lowest BCUT2D eigenvalue weighted by Gasteiger charge is -2.23.